The zero-order valence-electron chi connectivity index (χ0n) is 9.77. The second-order valence-corrected chi connectivity index (χ2v) is 5.39. The van der Waals surface area contributed by atoms with Crippen LogP contribution in [0.15, 0.2) is 41.2 Å². The monoisotopic (exact) mass is 254 g/mol. The third-order valence-electron chi connectivity index (χ3n) is 2.99. The summed E-state index contributed by atoms with van der Waals surface area (Å²) >= 11 is 1.54. The molecule has 0 saturated carbocycles. The zero-order chi connectivity index (χ0) is 12.7. The highest BCUT2D eigenvalue weighted by Gasteiger charge is 2.06. The Balaban J connectivity index is 2.51. The molecular formula is C15H10O2S. The summed E-state index contributed by atoms with van der Waals surface area (Å²) in [7, 11) is 0. The van der Waals surface area contributed by atoms with Crippen molar-refractivity contribution in [3.05, 3.63) is 57.7 Å². The van der Waals surface area contributed by atoms with Gasteiger partial charge in [0.1, 0.15) is 6.29 Å². The number of aryl methyl sites for hydroxylation is 1. The maximum absolute atomic E-state index is 12.4. The van der Waals surface area contributed by atoms with Gasteiger partial charge in [0, 0.05) is 25.7 Å². The van der Waals surface area contributed by atoms with Gasteiger partial charge in [-0.3, -0.25) is 9.59 Å². The normalized spacial score (nSPS) is 10.9. The first-order valence-electron chi connectivity index (χ1n) is 5.61. The zero-order valence-corrected chi connectivity index (χ0v) is 10.6. The van der Waals surface area contributed by atoms with Crippen LogP contribution in [-0.2, 0) is 0 Å². The lowest BCUT2D eigenvalue weighted by Crippen LogP contribution is -2.01. The van der Waals surface area contributed by atoms with Crippen LogP contribution in [0, 0.1) is 6.92 Å². The number of rotatable bonds is 1. The molecule has 1 heterocycles. The van der Waals surface area contributed by atoms with Gasteiger partial charge in [-0.25, -0.2) is 0 Å². The summed E-state index contributed by atoms with van der Waals surface area (Å²) in [5, 5.41) is 1.44. The Bertz CT molecular complexity index is 831. The first-order chi connectivity index (χ1) is 8.69. The molecule has 0 atom stereocenters. The second-order valence-electron chi connectivity index (χ2n) is 4.30. The second kappa shape index (κ2) is 4.03. The van der Waals surface area contributed by atoms with Crippen molar-refractivity contribution in [3.8, 4) is 0 Å². The van der Waals surface area contributed by atoms with Crippen LogP contribution in [0.3, 0.4) is 0 Å². The Morgan fingerprint density at radius 1 is 1.00 bits per heavy atom. The number of aldehydes is 1. The van der Waals surface area contributed by atoms with Crippen LogP contribution in [0.25, 0.3) is 20.2 Å². The Morgan fingerprint density at radius 2 is 1.83 bits per heavy atom. The molecule has 1 aromatic heterocycles. The highest BCUT2D eigenvalue weighted by Crippen LogP contribution is 2.25. The summed E-state index contributed by atoms with van der Waals surface area (Å²) in [6.07, 6.45) is 0.802. The van der Waals surface area contributed by atoms with E-state index in [-0.39, 0.29) is 5.43 Å². The van der Waals surface area contributed by atoms with Gasteiger partial charge < -0.3 is 0 Å². The van der Waals surface area contributed by atoms with Crippen LogP contribution in [0.1, 0.15) is 15.9 Å². The van der Waals surface area contributed by atoms with Gasteiger partial charge in [0.25, 0.3) is 0 Å². The van der Waals surface area contributed by atoms with E-state index in [4.69, 9.17) is 0 Å². The molecule has 2 aromatic carbocycles. The van der Waals surface area contributed by atoms with Crippen LogP contribution in [-0.4, -0.2) is 6.29 Å². The molecule has 0 amide bonds. The number of hydrogen-bond acceptors (Lipinski definition) is 3. The minimum atomic E-state index is 0.0416. The van der Waals surface area contributed by atoms with Crippen molar-refractivity contribution < 1.29 is 4.79 Å². The van der Waals surface area contributed by atoms with Gasteiger partial charge in [0.05, 0.1) is 0 Å². The smallest absolute Gasteiger partial charge is 0.195 e. The van der Waals surface area contributed by atoms with Crippen molar-refractivity contribution in [1.29, 1.82) is 0 Å². The summed E-state index contributed by atoms with van der Waals surface area (Å²) in [6, 6.07) is 11.1. The van der Waals surface area contributed by atoms with Gasteiger partial charge in [-0.2, -0.15) is 0 Å². The van der Waals surface area contributed by atoms with E-state index >= 15 is 0 Å². The van der Waals surface area contributed by atoms with Gasteiger partial charge in [-0.1, -0.05) is 17.7 Å². The Morgan fingerprint density at radius 3 is 2.61 bits per heavy atom. The van der Waals surface area contributed by atoms with Crippen molar-refractivity contribution in [2.75, 3.05) is 0 Å². The van der Waals surface area contributed by atoms with Crippen molar-refractivity contribution in [2.45, 2.75) is 6.92 Å². The number of carbonyl (C=O) groups excluding carboxylic acids is 1. The van der Waals surface area contributed by atoms with E-state index < -0.39 is 0 Å². The van der Waals surface area contributed by atoms with Crippen molar-refractivity contribution in [1.82, 2.24) is 0 Å². The number of carbonyl (C=O) groups is 1. The highest BCUT2D eigenvalue weighted by atomic mass is 32.1. The number of fused-ring (bicyclic) bond motifs is 2. The molecule has 0 radical (unpaired) electrons. The van der Waals surface area contributed by atoms with Crippen LogP contribution in [0.5, 0.6) is 0 Å². The van der Waals surface area contributed by atoms with Gasteiger partial charge in [0.2, 0.25) is 0 Å². The minimum Gasteiger partial charge on any atom is -0.298 e. The summed E-state index contributed by atoms with van der Waals surface area (Å²) in [5.41, 5.74) is 1.72. The predicted octanol–water partition coefficient (Wildman–Crippen LogP) is 3.54. The van der Waals surface area contributed by atoms with E-state index in [9.17, 15) is 9.59 Å². The molecule has 0 aliphatic rings. The van der Waals surface area contributed by atoms with E-state index in [1.807, 2.05) is 25.1 Å². The number of hydrogen-bond donors (Lipinski definition) is 0. The van der Waals surface area contributed by atoms with Crippen molar-refractivity contribution in [3.63, 3.8) is 0 Å². The third-order valence-corrected chi connectivity index (χ3v) is 4.12. The molecule has 18 heavy (non-hydrogen) atoms. The van der Waals surface area contributed by atoms with E-state index in [0.717, 1.165) is 26.6 Å². The molecule has 0 spiro atoms. The molecule has 2 nitrogen and oxygen atoms in total. The molecule has 0 aliphatic heterocycles. The molecule has 0 fully saturated rings. The number of benzene rings is 2. The maximum Gasteiger partial charge on any atom is 0.195 e. The van der Waals surface area contributed by atoms with E-state index in [0.29, 0.717) is 10.9 Å². The fraction of sp³-hybridized carbons (Fsp3) is 0.0667. The molecule has 88 valence electrons. The molecule has 0 saturated heterocycles. The third kappa shape index (κ3) is 1.64. The average Bonchev–Trinajstić information content (AvgIpc) is 2.39. The van der Waals surface area contributed by atoms with Crippen molar-refractivity contribution >= 4 is 37.8 Å². The van der Waals surface area contributed by atoms with E-state index in [1.54, 1.807) is 29.5 Å². The summed E-state index contributed by atoms with van der Waals surface area (Å²) in [4.78, 5) is 23.1. The lowest BCUT2D eigenvalue weighted by atomic mass is 10.1. The van der Waals surface area contributed by atoms with Gasteiger partial charge in [-0.15, -0.1) is 11.3 Å². The van der Waals surface area contributed by atoms with Gasteiger partial charge in [-0.05, 0) is 31.2 Å². The van der Waals surface area contributed by atoms with Gasteiger partial charge >= 0.3 is 0 Å². The molecule has 0 N–H and O–H groups in total. The largest absolute Gasteiger partial charge is 0.298 e. The fourth-order valence-corrected chi connectivity index (χ4v) is 3.16. The molecule has 3 heteroatoms. The Labute approximate surface area is 107 Å². The maximum atomic E-state index is 12.4. The van der Waals surface area contributed by atoms with Crippen molar-refractivity contribution in [2.24, 2.45) is 0 Å². The minimum absolute atomic E-state index is 0.0416. The Hall–Kier alpha value is -2.00. The molecule has 3 aromatic rings. The molecule has 3 rings (SSSR count). The quantitative estimate of drug-likeness (QED) is 0.491. The van der Waals surface area contributed by atoms with Crippen LogP contribution in [0.4, 0.5) is 0 Å². The summed E-state index contributed by atoms with van der Waals surface area (Å²) in [6.45, 7) is 1.98. The molecule has 0 aliphatic carbocycles. The molecular weight excluding hydrogens is 244 g/mol. The molecule has 0 unspecified atom stereocenters. The average molecular weight is 254 g/mol. The van der Waals surface area contributed by atoms with Crippen LogP contribution >= 0.6 is 11.3 Å². The first kappa shape index (κ1) is 11.1. The highest BCUT2D eigenvalue weighted by molar-refractivity contribution is 7.24. The van der Waals surface area contributed by atoms with Crippen LogP contribution in [0.2, 0.25) is 0 Å². The fourth-order valence-electron chi connectivity index (χ4n) is 2.06. The SMILES string of the molecule is Cc1ccc2sc3cc(C=O)ccc3c(=O)c2c1. The van der Waals surface area contributed by atoms with E-state index in [1.165, 1.54) is 0 Å². The standard InChI is InChI=1S/C15H10O2S/c1-9-2-5-13-12(6-9)15(17)11-4-3-10(8-16)7-14(11)18-13/h2-8H,1H3. The molecule has 0 bridgehead atoms. The lowest BCUT2D eigenvalue weighted by molar-refractivity contribution is 0.112. The lowest BCUT2D eigenvalue weighted by Gasteiger charge is -2.02. The van der Waals surface area contributed by atoms with Crippen LogP contribution < -0.4 is 5.43 Å². The summed E-state index contributed by atoms with van der Waals surface area (Å²) < 4.78 is 1.82. The topological polar surface area (TPSA) is 34.1 Å². The van der Waals surface area contributed by atoms with Gasteiger partial charge in [0.15, 0.2) is 5.43 Å². The predicted molar refractivity (Wildman–Crippen MR) is 75.7 cm³/mol. The first-order valence-corrected chi connectivity index (χ1v) is 6.43. The van der Waals surface area contributed by atoms with E-state index in [2.05, 4.69) is 0 Å². The summed E-state index contributed by atoms with van der Waals surface area (Å²) in [5.74, 6) is 0. The Kier molecular flexibility index (Phi) is 2.49.